The van der Waals surface area contributed by atoms with Crippen molar-refractivity contribution >= 4 is 15.9 Å². The van der Waals surface area contributed by atoms with E-state index in [0.29, 0.717) is 18.9 Å². The van der Waals surface area contributed by atoms with Gasteiger partial charge in [0.15, 0.2) is 0 Å². The molecule has 9 heteroatoms. The summed E-state index contributed by atoms with van der Waals surface area (Å²) in [6.45, 7) is 5.02. The zero-order valence-corrected chi connectivity index (χ0v) is 18.5. The van der Waals surface area contributed by atoms with Crippen LogP contribution in [0.4, 0.5) is 0 Å². The molecule has 0 radical (unpaired) electrons. The summed E-state index contributed by atoms with van der Waals surface area (Å²) in [5.41, 5.74) is 0.825. The van der Waals surface area contributed by atoms with Crippen LogP contribution < -0.4 is 14.8 Å². The minimum Gasteiger partial charge on any atom is -0.492 e. The Hall–Kier alpha value is -2.15. The van der Waals surface area contributed by atoms with E-state index in [9.17, 15) is 18.5 Å². The highest BCUT2D eigenvalue weighted by atomic mass is 32.2. The second-order valence-electron chi connectivity index (χ2n) is 8.19. The normalized spacial score (nSPS) is 24.2. The van der Waals surface area contributed by atoms with Crippen molar-refractivity contribution in [2.24, 2.45) is 0 Å². The largest absolute Gasteiger partial charge is 0.492 e. The molecule has 0 bridgehead atoms. The van der Waals surface area contributed by atoms with Crippen molar-refractivity contribution in [1.82, 2.24) is 14.9 Å². The third-order valence-corrected chi connectivity index (χ3v) is 7.26. The molecule has 164 valence electrons. The molecule has 1 amide bonds. The van der Waals surface area contributed by atoms with Crippen molar-refractivity contribution in [3.63, 3.8) is 0 Å². The summed E-state index contributed by atoms with van der Waals surface area (Å²) in [5, 5.41) is 12.6. The quantitative estimate of drug-likeness (QED) is 0.676. The number of nitriles is 1. The molecule has 2 N–H and O–H groups in total. The van der Waals surface area contributed by atoms with Crippen LogP contribution in [0.25, 0.3) is 0 Å². The highest BCUT2D eigenvalue weighted by Crippen LogP contribution is 2.30. The molecule has 2 heterocycles. The van der Waals surface area contributed by atoms with E-state index in [1.54, 1.807) is 17.0 Å². The van der Waals surface area contributed by atoms with Crippen molar-refractivity contribution < 1.29 is 17.9 Å². The van der Waals surface area contributed by atoms with Gasteiger partial charge in [-0.25, -0.2) is 13.1 Å². The van der Waals surface area contributed by atoms with Crippen LogP contribution >= 0.6 is 0 Å². The second kappa shape index (κ2) is 9.33. The third-order valence-electron chi connectivity index (χ3n) is 5.85. The van der Waals surface area contributed by atoms with Gasteiger partial charge in [-0.15, -0.1) is 0 Å². The Bertz CT molecular complexity index is 925. The van der Waals surface area contributed by atoms with Gasteiger partial charge in [-0.3, -0.25) is 10.1 Å². The van der Waals surface area contributed by atoms with Gasteiger partial charge in [-0.2, -0.15) is 5.26 Å². The van der Waals surface area contributed by atoms with Crippen LogP contribution in [-0.4, -0.2) is 57.5 Å². The zero-order chi connectivity index (χ0) is 21.9. The maximum absolute atomic E-state index is 12.7. The van der Waals surface area contributed by atoms with Crippen LogP contribution in [0.2, 0.25) is 0 Å². The summed E-state index contributed by atoms with van der Waals surface area (Å²) in [6, 6.07) is 6.54. The number of rotatable bonds is 7. The highest BCUT2D eigenvalue weighted by Gasteiger charge is 2.37. The number of benzene rings is 1. The maximum atomic E-state index is 12.7. The molecular formula is C21H30N4O4S. The fourth-order valence-electron chi connectivity index (χ4n) is 4.09. The summed E-state index contributed by atoms with van der Waals surface area (Å²) in [5.74, 6) is 0.753. The number of hydrogen-bond acceptors (Lipinski definition) is 6. The lowest BCUT2D eigenvalue weighted by molar-refractivity contribution is -0.133. The molecule has 1 aromatic carbocycles. The van der Waals surface area contributed by atoms with E-state index >= 15 is 0 Å². The van der Waals surface area contributed by atoms with Gasteiger partial charge in [0.25, 0.3) is 0 Å². The molecular weight excluding hydrogens is 404 g/mol. The van der Waals surface area contributed by atoms with Crippen LogP contribution in [0.1, 0.15) is 51.0 Å². The number of ether oxygens (including phenoxy) is 1. The minimum atomic E-state index is -3.52. The predicted molar refractivity (Wildman–Crippen MR) is 113 cm³/mol. The molecule has 3 unspecified atom stereocenters. The first-order chi connectivity index (χ1) is 14.3. The molecule has 8 nitrogen and oxygen atoms in total. The molecule has 30 heavy (non-hydrogen) atoms. The number of nitrogens with one attached hydrogen (secondary N) is 2. The van der Waals surface area contributed by atoms with Gasteiger partial charge in [0.2, 0.25) is 15.9 Å². The van der Waals surface area contributed by atoms with Crippen LogP contribution in [0, 0.1) is 11.3 Å². The lowest BCUT2D eigenvalue weighted by atomic mass is 10.0. The van der Waals surface area contributed by atoms with Crippen molar-refractivity contribution in [1.29, 1.82) is 5.26 Å². The monoisotopic (exact) mass is 434 g/mol. The zero-order valence-electron chi connectivity index (χ0n) is 17.7. The molecule has 3 rings (SSSR count). The Morgan fingerprint density at radius 2 is 2.13 bits per heavy atom. The topological polar surface area (TPSA) is 112 Å². The van der Waals surface area contributed by atoms with Crippen molar-refractivity contribution in [3.05, 3.63) is 23.8 Å². The third kappa shape index (κ3) is 4.77. The van der Waals surface area contributed by atoms with E-state index in [-0.39, 0.29) is 34.8 Å². The standard InChI is InChI=1S/C21H30N4O4S/c1-14(2)18-11-17(30(27,28)23-3)7-9-20(18)29-13-15-6-8-19(24-15)21(26)25-10-4-5-16(25)12-22/h7,9,11,14-16,19,23-24H,4-6,8,10,13H2,1-3H3. The average Bonchev–Trinajstić information content (AvgIpc) is 3.40. The summed E-state index contributed by atoms with van der Waals surface area (Å²) < 4.78 is 32.5. The first-order valence-corrected chi connectivity index (χ1v) is 11.9. The first-order valence-electron chi connectivity index (χ1n) is 10.4. The van der Waals surface area contributed by atoms with E-state index in [2.05, 4.69) is 16.1 Å². The summed E-state index contributed by atoms with van der Waals surface area (Å²) in [6.07, 6.45) is 3.15. The van der Waals surface area contributed by atoms with E-state index < -0.39 is 10.0 Å². The molecule has 0 spiro atoms. The van der Waals surface area contributed by atoms with Crippen molar-refractivity contribution in [2.75, 3.05) is 20.2 Å². The van der Waals surface area contributed by atoms with Gasteiger partial charge in [-0.1, -0.05) is 13.8 Å². The molecule has 2 aliphatic heterocycles. The van der Waals surface area contributed by atoms with Gasteiger partial charge < -0.3 is 9.64 Å². The summed E-state index contributed by atoms with van der Waals surface area (Å²) >= 11 is 0. The Morgan fingerprint density at radius 3 is 2.80 bits per heavy atom. The second-order valence-corrected chi connectivity index (χ2v) is 10.1. The molecule has 2 aliphatic rings. The molecule has 0 saturated carbocycles. The van der Waals surface area contributed by atoms with Crippen LogP contribution in [-0.2, 0) is 14.8 Å². The number of carbonyl (C=O) groups is 1. The predicted octanol–water partition coefficient (Wildman–Crippen LogP) is 1.73. The number of nitrogens with zero attached hydrogens (tertiary/aromatic N) is 2. The molecule has 0 aromatic heterocycles. The van der Waals surface area contributed by atoms with Crippen LogP contribution in [0.5, 0.6) is 5.75 Å². The van der Waals surface area contributed by atoms with Crippen LogP contribution in [0.15, 0.2) is 23.1 Å². The lowest BCUT2D eigenvalue weighted by Gasteiger charge is -2.24. The van der Waals surface area contributed by atoms with Gasteiger partial charge in [-0.05, 0) is 62.4 Å². The van der Waals surface area contributed by atoms with Crippen LogP contribution in [0.3, 0.4) is 0 Å². The van der Waals surface area contributed by atoms with E-state index in [1.165, 1.54) is 13.1 Å². The number of likely N-dealkylation sites (tertiary alicyclic amines) is 1. The number of sulfonamides is 1. The number of carbonyl (C=O) groups excluding carboxylic acids is 1. The van der Waals surface area contributed by atoms with Crippen molar-refractivity contribution in [3.8, 4) is 11.8 Å². The Kier molecular flexibility index (Phi) is 7.01. The smallest absolute Gasteiger partial charge is 0.240 e. The molecule has 2 saturated heterocycles. The maximum Gasteiger partial charge on any atom is 0.240 e. The van der Waals surface area contributed by atoms with Gasteiger partial charge >= 0.3 is 0 Å². The molecule has 2 fully saturated rings. The number of amides is 1. The van der Waals surface area contributed by atoms with Gasteiger partial charge in [0, 0.05) is 12.6 Å². The first kappa shape index (κ1) is 22.5. The number of hydrogen-bond donors (Lipinski definition) is 2. The van der Waals surface area contributed by atoms with Gasteiger partial charge in [0.1, 0.15) is 18.4 Å². The molecule has 1 aromatic rings. The minimum absolute atomic E-state index is 0.00560. The lowest BCUT2D eigenvalue weighted by Crippen LogP contribution is -2.47. The highest BCUT2D eigenvalue weighted by molar-refractivity contribution is 7.89. The van der Waals surface area contributed by atoms with Crippen molar-refractivity contribution in [2.45, 2.75) is 68.5 Å². The van der Waals surface area contributed by atoms with E-state index in [4.69, 9.17) is 4.74 Å². The summed E-state index contributed by atoms with van der Waals surface area (Å²) in [7, 11) is -2.13. The Balaban J connectivity index is 1.62. The fraction of sp³-hybridized carbons (Fsp3) is 0.619. The average molecular weight is 435 g/mol. The Morgan fingerprint density at radius 1 is 1.37 bits per heavy atom. The molecule has 0 aliphatic carbocycles. The Labute approximate surface area is 178 Å². The van der Waals surface area contributed by atoms with Gasteiger partial charge in [0.05, 0.1) is 17.0 Å². The van der Waals surface area contributed by atoms with E-state index in [1.807, 2.05) is 13.8 Å². The fourth-order valence-corrected chi connectivity index (χ4v) is 4.86. The van der Waals surface area contributed by atoms with E-state index in [0.717, 1.165) is 31.2 Å². The summed E-state index contributed by atoms with van der Waals surface area (Å²) in [4.78, 5) is 14.7. The molecule has 3 atom stereocenters. The SMILES string of the molecule is CNS(=O)(=O)c1ccc(OCC2CCC(C(=O)N3CCCC3C#N)N2)c(C(C)C)c1.